The molecule has 0 spiro atoms. The Balaban J connectivity index is 1.78. The molecule has 0 saturated carbocycles. The van der Waals surface area contributed by atoms with Crippen molar-refractivity contribution < 1.29 is 14.1 Å². The third-order valence-electron chi connectivity index (χ3n) is 4.88. The molecule has 1 saturated heterocycles. The van der Waals surface area contributed by atoms with Crippen molar-refractivity contribution in [2.24, 2.45) is 23.7 Å². The zero-order valence-electron chi connectivity index (χ0n) is 14.2. The first kappa shape index (κ1) is 16.0. The topological polar surface area (TPSA) is 68.5 Å². The maximum absolute atomic E-state index is 12.4. The number of aromatic nitrogens is 2. The summed E-state index contributed by atoms with van der Waals surface area (Å²) in [6, 6.07) is 0.562. The van der Waals surface area contributed by atoms with E-state index in [1.807, 2.05) is 20.8 Å². The van der Waals surface area contributed by atoms with Crippen LogP contribution in [0.1, 0.15) is 39.4 Å². The van der Waals surface area contributed by atoms with Gasteiger partial charge in [0, 0.05) is 19.0 Å². The Bertz CT molecular complexity index is 596. The van der Waals surface area contributed by atoms with Crippen molar-refractivity contribution >= 4 is 12.0 Å². The average molecular weight is 319 g/mol. The zero-order chi connectivity index (χ0) is 16.6. The van der Waals surface area contributed by atoms with E-state index in [0.29, 0.717) is 18.5 Å². The van der Waals surface area contributed by atoms with E-state index in [1.54, 1.807) is 0 Å². The van der Waals surface area contributed by atoms with Crippen molar-refractivity contribution in [1.82, 2.24) is 10.1 Å². The van der Waals surface area contributed by atoms with Gasteiger partial charge in [0.25, 0.3) is 0 Å². The first-order chi connectivity index (χ1) is 11.0. The number of hydrogen-bond acceptors (Lipinski definition) is 6. The number of carbonyl (C=O) groups is 1. The molecule has 1 aromatic heterocycles. The van der Waals surface area contributed by atoms with Crippen LogP contribution in [-0.2, 0) is 9.53 Å². The van der Waals surface area contributed by atoms with Crippen LogP contribution in [0.3, 0.4) is 0 Å². The molecule has 4 atom stereocenters. The second-order valence-corrected chi connectivity index (χ2v) is 6.84. The molecule has 23 heavy (non-hydrogen) atoms. The van der Waals surface area contributed by atoms with Crippen molar-refractivity contribution in [3.8, 4) is 0 Å². The van der Waals surface area contributed by atoms with E-state index in [1.165, 1.54) is 0 Å². The van der Waals surface area contributed by atoms with Crippen LogP contribution in [-0.4, -0.2) is 35.8 Å². The number of nitrogens with zero attached hydrogens (tertiary/aromatic N) is 3. The lowest BCUT2D eigenvalue weighted by molar-refractivity contribution is -0.151. The van der Waals surface area contributed by atoms with Gasteiger partial charge in [-0.2, -0.15) is 4.98 Å². The fraction of sp³-hybridized carbons (Fsp3) is 0.706. The molecular formula is C17H25N3O3. The lowest BCUT2D eigenvalue weighted by Gasteiger charge is -2.31. The van der Waals surface area contributed by atoms with Gasteiger partial charge in [-0.3, -0.25) is 4.79 Å². The van der Waals surface area contributed by atoms with Gasteiger partial charge in [0.1, 0.15) is 0 Å². The van der Waals surface area contributed by atoms with Crippen LogP contribution in [0.2, 0.25) is 0 Å². The van der Waals surface area contributed by atoms with Gasteiger partial charge >= 0.3 is 12.0 Å². The number of anilines is 1. The summed E-state index contributed by atoms with van der Waals surface area (Å²) < 4.78 is 10.7. The van der Waals surface area contributed by atoms with Gasteiger partial charge in [-0.25, -0.2) is 0 Å². The van der Waals surface area contributed by atoms with E-state index in [-0.39, 0.29) is 29.6 Å². The van der Waals surface area contributed by atoms with Gasteiger partial charge in [-0.15, -0.1) is 0 Å². The van der Waals surface area contributed by atoms with Gasteiger partial charge in [0.15, 0.2) is 5.82 Å². The highest BCUT2D eigenvalue weighted by molar-refractivity contribution is 5.74. The molecule has 0 unspecified atom stereocenters. The minimum atomic E-state index is -0.0950. The average Bonchev–Trinajstić information content (AvgIpc) is 3.13. The molecular weight excluding hydrogens is 294 g/mol. The van der Waals surface area contributed by atoms with Gasteiger partial charge in [0.05, 0.1) is 12.5 Å². The van der Waals surface area contributed by atoms with Crippen LogP contribution >= 0.6 is 0 Å². The number of hydrogen-bond donors (Lipinski definition) is 0. The van der Waals surface area contributed by atoms with Gasteiger partial charge in [-0.1, -0.05) is 38.1 Å². The largest absolute Gasteiger partial charge is 0.466 e. The predicted octanol–water partition coefficient (Wildman–Crippen LogP) is 2.63. The molecule has 0 amide bonds. The van der Waals surface area contributed by atoms with Gasteiger partial charge in [-0.05, 0) is 24.7 Å². The number of carbonyl (C=O) groups excluding carboxylic acids is 1. The van der Waals surface area contributed by atoms with Crippen molar-refractivity contribution in [2.45, 2.75) is 33.6 Å². The lowest BCUT2D eigenvalue weighted by Crippen LogP contribution is -2.37. The molecule has 1 fully saturated rings. The van der Waals surface area contributed by atoms with E-state index < -0.39 is 0 Å². The third-order valence-corrected chi connectivity index (χ3v) is 4.88. The predicted molar refractivity (Wildman–Crippen MR) is 86.0 cm³/mol. The first-order valence-electron chi connectivity index (χ1n) is 8.44. The second-order valence-electron chi connectivity index (χ2n) is 6.84. The molecule has 6 heteroatoms. The van der Waals surface area contributed by atoms with Crippen molar-refractivity contribution in [3.05, 3.63) is 18.0 Å². The molecule has 0 N–H and O–H groups in total. The Morgan fingerprint density at radius 3 is 2.87 bits per heavy atom. The van der Waals surface area contributed by atoms with Crippen LogP contribution in [0.4, 0.5) is 6.01 Å². The van der Waals surface area contributed by atoms with Crippen molar-refractivity contribution in [2.75, 3.05) is 24.6 Å². The summed E-state index contributed by atoms with van der Waals surface area (Å²) in [4.78, 5) is 18.9. The van der Waals surface area contributed by atoms with Crippen molar-refractivity contribution in [1.29, 1.82) is 0 Å². The molecule has 2 aliphatic rings. The van der Waals surface area contributed by atoms with Crippen molar-refractivity contribution in [3.63, 3.8) is 0 Å². The number of allylic oxidation sites excluding steroid dienone is 1. The first-order valence-corrected chi connectivity index (χ1v) is 8.44. The van der Waals surface area contributed by atoms with E-state index in [2.05, 4.69) is 34.1 Å². The molecule has 126 valence electrons. The molecule has 0 aromatic carbocycles. The second kappa shape index (κ2) is 6.34. The Labute approximate surface area is 136 Å². The lowest BCUT2D eigenvalue weighted by atomic mass is 9.72. The van der Waals surface area contributed by atoms with E-state index >= 15 is 0 Å². The van der Waals surface area contributed by atoms with E-state index in [9.17, 15) is 4.79 Å². The summed E-state index contributed by atoms with van der Waals surface area (Å²) in [5.74, 6) is 1.55. The molecule has 2 heterocycles. The van der Waals surface area contributed by atoms with Crippen LogP contribution < -0.4 is 4.90 Å². The Hall–Kier alpha value is -1.85. The highest BCUT2D eigenvalue weighted by Crippen LogP contribution is 2.41. The maximum atomic E-state index is 12.4. The Kier molecular flexibility index (Phi) is 4.41. The zero-order valence-corrected chi connectivity index (χ0v) is 14.2. The smallest absolute Gasteiger partial charge is 0.324 e. The Morgan fingerprint density at radius 1 is 1.43 bits per heavy atom. The monoisotopic (exact) mass is 319 g/mol. The number of rotatable bonds is 4. The summed E-state index contributed by atoms with van der Waals surface area (Å²) in [5, 5.41) is 4.04. The summed E-state index contributed by atoms with van der Waals surface area (Å²) in [6.07, 6.45) is 4.37. The molecule has 0 bridgehead atoms. The van der Waals surface area contributed by atoms with Crippen LogP contribution in [0.15, 0.2) is 16.7 Å². The SMILES string of the molecule is CCOC(=O)[C@@H]1[C@H]2CN(c3nc(C(C)C)no3)C[C@@H]2C=C[C@@H]1C. The molecule has 1 aromatic rings. The normalized spacial score (nSPS) is 29.9. The highest BCUT2D eigenvalue weighted by atomic mass is 16.5. The maximum Gasteiger partial charge on any atom is 0.324 e. The number of fused-ring (bicyclic) bond motifs is 1. The fourth-order valence-electron chi connectivity index (χ4n) is 3.64. The van der Waals surface area contributed by atoms with E-state index in [0.717, 1.165) is 18.9 Å². The molecule has 1 aliphatic carbocycles. The summed E-state index contributed by atoms with van der Waals surface area (Å²) >= 11 is 0. The fourth-order valence-corrected chi connectivity index (χ4v) is 3.64. The molecule has 0 radical (unpaired) electrons. The highest BCUT2D eigenvalue weighted by Gasteiger charge is 2.45. The summed E-state index contributed by atoms with van der Waals surface area (Å²) in [7, 11) is 0. The molecule has 6 nitrogen and oxygen atoms in total. The van der Waals surface area contributed by atoms with Crippen LogP contribution in [0.25, 0.3) is 0 Å². The number of esters is 1. The van der Waals surface area contributed by atoms with Gasteiger partial charge < -0.3 is 14.2 Å². The molecule has 1 aliphatic heterocycles. The summed E-state index contributed by atoms with van der Waals surface area (Å²) in [5.41, 5.74) is 0. The third kappa shape index (κ3) is 2.99. The van der Waals surface area contributed by atoms with Crippen LogP contribution in [0, 0.1) is 23.7 Å². The number of ether oxygens (including phenoxy) is 1. The minimum Gasteiger partial charge on any atom is -0.466 e. The molecule has 3 rings (SSSR count). The summed E-state index contributed by atoms with van der Waals surface area (Å²) in [6.45, 7) is 10.0. The minimum absolute atomic E-state index is 0.0883. The van der Waals surface area contributed by atoms with Crippen LogP contribution in [0.5, 0.6) is 0 Å². The van der Waals surface area contributed by atoms with Gasteiger partial charge in [0.2, 0.25) is 0 Å². The standard InChI is InChI=1S/C17H25N3O3/c1-5-22-16(21)14-11(4)6-7-12-8-20(9-13(12)14)17-18-15(10(2)3)19-23-17/h6-7,10-14H,5,8-9H2,1-4H3/t11-,12-,13-,14-/m0/s1. The Morgan fingerprint density at radius 2 is 2.22 bits per heavy atom. The van der Waals surface area contributed by atoms with E-state index in [4.69, 9.17) is 9.26 Å². The quantitative estimate of drug-likeness (QED) is 0.628.